The third-order valence-corrected chi connectivity index (χ3v) is 4.56. The molecule has 0 bridgehead atoms. The summed E-state index contributed by atoms with van der Waals surface area (Å²) in [7, 11) is 0. The molecule has 1 saturated heterocycles. The maximum atomic E-state index is 11.3. The first-order valence-electron chi connectivity index (χ1n) is 8.28. The van der Waals surface area contributed by atoms with E-state index in [4.69, 9.17) is 13.9 Å². The molecule has 0 aliphatic carbocycles. The first-order chi connectivity index (χ1) is 10.9. The fourth-order valence-electron chi connectivity index (χ4n) is 2.83. The lowest BCUT2D eigenvalue weighted by Crippen LogP contribution is -2.08. The van der Waals surface area contributed by atoms with Gasteiger partial charge < -0.3 is 13.9 Å². The van der Waals surface area contributed by atoms with Gasteiger partial charge in [0.15, 0.2) is 0 Å². The molecule has 1 aliphatic rings. The number of epoxide rings is 1. The van der Waals surface area contributed by atoms with Crippen LogP contribution in [0.15, 0.2) is 39.5 Å². The Hall–Kier alpha value is -1.81. The number of ether oxygens (including phenoxy) is 2. The highest BCUT2D eigenvalue weighted by Crippen LogP contribution is 2.39. The zero-order chi connectivity index (χ0) is 16.4. The Bertz CT molecular complexity index is 731. The van der Waals surface area contributed by atoms with Gasteiger partial charge in [-0.1, -0.05) is 6.92 Å². The second-order valence-electron chi connectivity index (χ2n) is 6.98. The fraction of sp³-hybridized carbons (Fsp3) is 0.526. The van der Waals surface area contributed by atoms with Gasteiger partial charge in [0.25, 0.3) is 0 Å². The molecule has 2 heterocycles. The van der Waals surface area contributed by atoms with Gasteiger partial charge in [-0.15, -0.1) is 0 Å². The molecular formula is C19H24O4. The fourth-order valence-corrected chi connectivity index (χ4v) is 2.83. The topological polar surface area (TPSA) is 52.0 Å². The summed E-state index contributed by atoms with van der Waals surface area (Å²) in [5.41, 5.74) is 0.315. The summed E-state index contributed by atoms with van der Waals surface area (Å²) in [5, 5.41) is 0.900. The maximum Gasteiger partial charge on any atom is 0.336 e. The first kappa shape index (κ1) is 16.1. The van der Waals surface area contributed by atoms with Gasteiger partial charge in [0, 0.05) is 17.5 Å². The van der Waals surface area contributed by atoms with Crippen molar-refractivity contribution in [3.8, 4) is 5.75 Å². The summed E-state index contributed by atoms with van der Waals surface area (Å²) >= 11 is 0. The molecule has 1 aliphatic heterocycles. The van der Waals surface area contributed by atoms with Gasteiger partial charge in [0.1, 0.15) is 11.3 Å². The van der Waals surface area contributed by atoms with Crippen LogP contribution >= 0.6 is 0 Å². The van der Waals surface area contributed by atoms with Gasteiger partial charge in [-0.2, -0.15) is 0 Å². The summed E-state index contributed by atoms with van der Waals surface area (Å²) in [6.45, 7) is 7.20. The molecule has 1 aromatic carbocycles. The van der Waals surface area contributed by atoms with E-state index in [1.807, 2.05) is 12.1 Å². The van der Waals surface area contributed by atoms with Crippen LogP contribution in [0.1, 0.15) is 40.0 Å². The third-order valence-electron chi connectivity index (χ3n) is 4.56. The van der Waals surface area contributed by atoms with Crippen LogP contribution in [0.2, 0.25) is 0 Å². The highest BCUT2D eigenvalue weighted by molar-refractivity contribution is 5.77. The average Bonchev–Trinajstić information content (AvgIpc) is 3.12. The Labute approximate surface area is 136 Å². The number of fused-ring (bicyclic) bond motifs is 1. The van der Waals surface area contributed by atoms with Crippen LogP contribution in [0.25, 0.3) is 11.0 Å². The SMILES string of the molecule is CC(CCOc1ccc2ccc(=O)oc2c1)CCC1OC1(C)C. The predicted octanol–water partition coefficient (Wildman–Crippen LogP) is 4.16. The lowest BCUT2D eigenvalue weighted by molar-refractivity contribution is 0.271. The van der Waals surface area contributed by atoms with Gasteiger partial charge in [0.2, 0.25) is 0 Å². The second kappa shape index (κ2) is 6.36. The van der Waals surface area contributed by atoms with E-state index in [0.717, 1.165) is 30.4 Å². The van der Waals surface area contributed by atoms with Crippen molar-refractivity contribution in [2.24, 2.45) is 5.92 Å². The minimum absolute atomic E-state index is 0.0885. The zero-order valence-corrected chi connectivity index (χ0v) is 14.0. The van der Waals surface area contributed by atoms with Crippen molar-refractivity contribution in [3.05, 3.63) is 40.8 Å². The Morgan fingerprint density at radius 2 is 1.96 bits per heavy atom. The molecule has 0 spiro atoms. The minimum atomic E-state index is -0.339. The summed E-state index contributed by atoms with van der Waals surface area (Å²) in [4.78, 5) is 11.3. The standard InChI is InChI=1S/C19H24O4/c1-13(4-8-17-19(2,3)23-17)10-11-21-15-7-5-14-6-9-18(20)22-16(14)12-15/h5-7,9,12-13,17H,4,8,10-11H2,1-3H3. The van der Waals surface area contributed by atoms with E-state index in [1.165, 1.54) is 6.07 Å². The van der Waals surface area contributed by atoms with Crippen LogP contribution in [0.3, 0.4) is 0 Å². The minimum Gasteiger partial charge on any atom is -0.493 e. The van der Waals surface area contributed by atoms with Crippen molar-refractivity contribution in [1.29, 1.82) is 0 Å². The highest BCUT2D eigenvalue weighted by Gasteiger charge is 2.46. The molecule has 1 aromatic heterocycles. The average molecular weight is 316 g/mol. The lowest BCUT2D eigenvalue weighted by Gasteiger charge is -2.12. The highest BCUT2D eigenvalue weighted by atomic mass is 16.6. The van der Waals surface area contributed by atoms with Crippen LogP contribution in [-0.2, 0) is 4.74 Å². The quantitative estimate of drug-likeness (QED) is 0.568. The predicted molar refractivity (Wildman–Crippen MR) is 89.9 cm³/mol. The molecule has 0 saturated carbocycles. The summed E-state index contributed by atoms with van der Waals surface area (Å²) in [5.74, 6) is 1.35. The van der Waals surface area contributed by atoms with Crippen molar-refractivity contribution in [3.63, 3.8) is 0 Å². The molecule has 124 valence electrons. The van der Waals surface area contributed by atoms with Crippen LogP contribution in [0.4, 0.5) is 0 Å². The summed E-state index contributed by atoms with van der Waals surface area (Å²) in [6, 6.07) is 8.78. The molecule has 0 N–H and O–H groups in total. The number of rotatable bonds is 7. The Balaban J connectivity index is 1.45. The third kappa shape index (κ3) is 4.14. The molecular weight excluding hydrogens is 292 g/mol. The van der Waals surface area contributed by atoms with Gasteiger partial charge in [0.05, 0.1) is 18.3 Å². The van der Waals surface area contributed by atoms with Gasteiger partial charge in [-0.05, 0) is 57.2 Å². The second-order valence-corrected chi connectivity index (χ2v) is 6.98. The van der Waals surface area contributed by atoms with Crippen LogP contribution in [-0.4, -0.2) is 18.3 Å². The molecule has 2 aromatic rings. The first-order valence-corrected chi connectivity index (χ1v) is 8.28. The van der Waals surface area contributed by atoms with Crippen LogP contribution in [0, 0.1) is 5.92 Å². The normalized spacial score (nSPS) is 20.4. The van der Waals surface area contributed by atoms with E-state index in [2.05, 4.69) is 20.8 Å². The number of hydrogen-bond donors (Lipinski definition) is 0. The van der Waals surface area contributed by atoms with E-state index in [0.29, 0.717) is 24.2 Å². The molecule has 1 fully saturated rings. The van der Waals surface area contributed by atoms with E-state index in [9.17, 15) is 4.79 Å². The van der Waals surface area contributed by atoms with Crippen molar-refractivity contribution in [1.82, 2.24) is 0 Å². The van der Waals surface area contributed by atoms with Crippen molar-refractivity contribution < 1.29 is 13.9 Å². The molecule has 2 unspecified atom stereocenters. The number of hydrogen-bond acceptors (Lipinski definition) is 4. The molecule has 4 nitrogen and oxygen atoms in total. The summed E-state index contributed by atoms with van der Waals surface area (Å²) < 4.78 is 16.6. The molecule has 0 radical (unpaired) electrons. The Morgan fingerprint density at radius 1 is 1.22 bits per heavy atom. The number of benzene rings is 1. The Kier molecular flexibility index (Phi) is 4.44. The van der Waals surface area contributed by atoms with Crippen LogP contribution < -0.4 is 10.4 Å². The van der Waals surface area contributed by atoms with Gasteiger partial charge in [-0.25, -0.2) is 4.79 Å². The van der Waals surface area contributed by atoms with Crippen molar-refractivity contribution in [2.75, 3.05) is 6.61 Å². The van der Waals surface area contributed by atoms with Gasteiger partial charge in [-0.3, -0.25) is 0 Å². The molecule has 4 heteroatoms. The van der Waals surface area contributed by atoms with E-state index >= 15 is 0 Å². The van der Waals surface area contributed by atoms with Crippen LogP contribution in [0.5, 0.6) is 5.75 Å². The summed E-state index contributed by atoms with van der Waals surface area (Å²) in [6.07, 6.45) is 3.71. The molecule has 2 atom stereocenters. The maximum absolute atomic E-state index is 11.3. The largest absolute Gasteiger partial charge is 0.493 e. The molecule has 3 rings (SSSR count). The monoisotopic (exact) mass is 316 g/mol. The van der Waals surface area contributed by atoms with Crippen molar-refractivity contribution >= 4 is 11.0 Å². The van der Waals surface area contributed by atoms with E-state index in [-0.39, 0.29) is 11.2 Å². The smallest absolute Gasteiger partial charge is 0.336 e. The Morgan fingerprint density at radius 3 is 2.70 bits per heavy atom. The van der Waals surface area contributed by atoms with E-state index < -0.39 is 0 Å². The molecule has 0 amide bonds. The lowest BCUT2D eigenvalue weighted by atomic mass is 9.98. The van der Waals surface area contributed by atoms with E-state index in [1.54, 1.807) is 12.1 Å². The molecule has 23 heavy (non-hydrogen) atoms. The van der Waals surface area contributed by atoms with Crippen molar-refractivity contribution in [2.45, 2.75) is 51.7 Å². The zero-order valence-electron chi connectivity index (χ0n) is 14.0. The van der Waals surface area contributed by atoms with Gasteiger partial charge >= 0.3 is 5.63 Å².